The summed E-state index contributed by atoms with van der Waals surface area (Å²) in [7, 11) is 0. The maximum absolute atomic E-state index is 11.6. The first-order valence-corrected chi connectivity index (χ1v) is 8.83. The van der Waals surface area contributed by atoms with Crippen molar-refractivity contribution in [2.24, 2.45) is 0 Å². The summed E-state index contributed by atoms with van der Waals surface area (Å²) in [5.41, 5.74) is 0.392. The minimum absolute atomic E-state index is 0.0826. The normalized spacial score (nSPS) is 10.4. The largest absolute Gasteiger partial charge is 0.507 e. The van der Waals surface area contributed by atoms with Crippen molar-refractivity contribution in [3.8, 4) is 23.0 Å². The van der Waals surface area contributed by atoms with Crippen LogP contribution in [0.15, 0.2) is 36.4 Å². The summed E-state index contributed by atoms with van der Waals surface area (Å²) >= 11 is 0. The zero-order chi connectivity index (χ0) is 19.8. The predicted octanol–water partition coefficient (Wildman–Crippen LogP) is 4.13. The van der Waals surface area contributed by atoms with E-state index in [-0.39, 0.29) is 34.2 Å². The molecule has 0 aliphatic carbocycles. The SMILES string of the molecule is CC(=O)c1c(O)cccc1OCCCCCOc1cccc(O)c1C(C)=O. The fourth-order valence-corrected chi connectivity index (χ4v) is 2.73. The topological polar surface area (TPSA) is 93.1 Å². The summed E-state index contributed by atoms with van der Waals surface area (Å²) in [6.45, 7) is 3.59. The molecule has 2 rings (SSSR count). The summed E-state index contributed by atoms with van der Waals surface area (Å²) in [6, 6.07) is 9.49. The molecule has 2 aromatic carbocycles. The molecule has 0 saturated heterocycles. The molecular formula is C21H24O6. The Morgan fingerprint density at radius 1 is 0.741 bits per heavy atom. The summed E-state index contributed by atoms with van der Waals surface area (Å²) in [5.74, 6) is 0.101. The van der Waals surface area contributed by atoms with E-state index in [1.54, 1.807) is 24.3 Å². The number of benzene rings is 2. The molecule has 0 aliphatic rings. The van der Waals surface area contributed by atoms with Gasteiger partial charge in [-0.05, 0) is 57.4 Å². The lowest BCUT2D eigenvalue weighted by Gasteiger charge is -2.12. The van der Waals surface area contributed by atoms with Crippen LogP contribution in [0, 0.1) is 0 Å². The Morgan fingerprint density at radius 3 is 1.52 bits per heavy atom. The van der Waals surface area contributed by atoms with Crippen molar-refractivity contribution < 1.29 is 29.3 Å². The van der Waals surface area contributed by atoms with Gasteiger partial charge in [-0.25, -0.2) is 0 Å². The van der Waals surface area contributed by atoms with Crippen molar-refractivity contribution in [1.29, 1.82) is 0 Å². The van der Waals surface area contributed by atoms with E-state index in [0.29, 0.717) is 24.7 Å². The van der Waals surface area contributed by atoms with Crippen LogP contribution in [0.5, 0.6) is 23.0 Å². The summed E-state index contributed by atoms with van der Waals surface area (Å²) in [4.78, 5) is 23.2. The van der Waals surface area contributed by atoms with Crippen molar-refractivity contribution in [2.45, 2.75) is 33.1 Å². The molecule has 2 N–H and O–H groups in total. The van der Waals surface area contributed by atoms with Gasteiger partial charge in [-0.3, -0.25) is 9.59 Å². The highest BCUT2D eigenvalue weighted by Crippen LogP contribution is 2.29. The lowest BCUT2D eigenvalue weighted by molar-refractivity contribution is 0.0997. The van der Waals surface area contributed by atoms with Gasteiger partial charge in [-0.2, -0.15) is 0 Å². The van der Waals surface area contributed by atoms with Gasteiger partial charge in [0.1, 0.15) is 34.1 Å². The molecule has 144 valence electrons. The molecule has 27 heavy (non-hydrogen) atoms. The van der Waals surface area contributed by atoms with Gasteiger partial charge in [0.25, 0.3) is 0 Å². The molecule has 0 radical (unpaired) electrons. The van der Waals surface area contributed by atoms with Crippen LogP contribution in [-0.2, 0) is 0 Å². The third-order valence-corrected chi connectivity index (χ3v) is 4.02. The van der Waals surface area contributed by atoms with Gasteiger partial charge >= 0.3 is 0 Å². The Hall–Kier alpha value is -3.02. The van der Waals surface area contributed by atoms with E-state index in [0.717, 1.165) is 19.3 Å². The standard InChI is InChI=1S/C21H24O6/c1-14(22)20-16(24)8-6-10-18(20)26-12-4-3-5-13-27-19-11-7-9-17(25)21(19)15(2)23/h6-11,24-25H,3-5,12-13H2,1-2H3. The highest BCUT2D eigenvalue weighted by atomic mass is 16.5. The van der Waals surface area contributed by atoms with Crippen molar-refractivity contribution in [3.05, 3.63) is 47.5 Å². The van der Waals surface area contributed by atoms with Gasteiger partial charge in [0.05, 0.1) is 13.2 Å². The van der Waals surface area contributed by atoms with Crippen LogP contribution in [-0.4, -0.2) is 35.0 Å². The van der Waals surface area contributed by atoms with Gasteiger partial charge in [-0.15, -0.1) is 0 Å². The van der Waals surface area contributed by atoms with Gasteiger partial charge in [-0.1, -0.05) is 12.1 Å². The van der Waals surface area contributed by atoms with E-state index in [9.17, 15) is 19.8 Å². The zero-order valence-electron chi connectivity index (χ0n) is 15.5. The Balaban J connectivity index is 1.75. The molecule has 0 atom stereocenters. The summed E-state index contributed by atoms with van der Waals surface area (Å²) in [6.07, 6.45) is 2.31. The van der Waals surface area contributed by atoms with Crippen molar-refractivity contribution in [2.75, 3.05) is 13.2 Å². The molecule has 0 fully saturated rings. The average molecular weight is 372 g/mol. The number of ether oxygens (including phenoxy) is 2. The van der Waals surface area contributed by atoms with Crippen LogP contribution in [0.1, 0.15) is 53.8 Å². The quantitative estimate of drug-likeness (QED) is 0.481. The van der Waals surface area contributed by atoms with E-state index in [2.05, 4.69) is 0 Å². The maximum Gasteiger partial charge on any atom is 0.167 e. The Kier molecular flexibility index (Phi) is 7.23. The number of ketones is 2. The number of aromatic hydroxyl groups is 2. The summed E-state index contributed by atoms with van der Waals surface area (Å²) in [5, 5.41) is 19.5. The molecular weight excluding hydrogens is 348 g/mol. The van der Waals surface area contributed by atoms with Crippen LogP contribution < -0.4 is 9.47 Å². The van der Waals surface area contributed by atoms with E-state index in [1.165, 1.54) is 26.0 Å². The maximum atomic E-state index is 11.6. The highest BCUT2D eigenvalue weighted by molar-refractivity contribution is 6.00. The smallest absolute Gasteiger partial charge is 0.167 e. The van der Waals surface area contributed by atoms with Gasteiger partial charge in [0, 0.05) is 0 Å². The van der Waals surface area contributed by atoms with E-state index >= 15 is 0 Å². The van der Waals surface area contributed by atoms with E-state index in [4.69, 9.17) is 9.47 Å². The molecule has 0 heterocycles. The fourth-order valence-electron chi connectivity index (χ4n) is 2.73. The van der Waals surface area contributed by atoms with Gasteiger partial charge in [0.2, 0.25) is 0 Å². The Morgan fingerprint density at radius 2 is 1.15 bits per heavy atom. The van der Waals surface area contributed by atoms with Crippen LogP contribution in [0.3, 0.4) is 0 Å². The first kappa shape index (κ1) is 20.3. The minimum Gasteiger partial charge on any atom is -0.507 e. The molecule has 2 aromatic rings. The molecule has 0 amide bonds. The van der Waals surface area contributed by atoms with Crippen LogP contribution in [0.2, 0.25) is 0 Å². The molecule has 0 bridgehead atoms. The first-order valence-electron chi connectivity index (χ1n) is 8.83. The summed E-state index contributed by atoms with van der Waals surface area (Å²) < 4.78 is 11.2. The molecule has 0 aliphatic heterocycles. The van der Waals surface area contributed by atoms with Crippen LogP contribution in [0.4, 0.5) is 0 Å². The second-order valence-corrected chi connectivity index (χ2v) is 6.17. The number of Topliss-reactive ketones (excluding diaryl/α,β-unsaturated/α-hetero) is 2. The van der Waals surface area contributed by atoms with Crippen molar-refractivity contribution in [3.63, 3.8) is 0 Å². The Bertz CT molecular complexity index is 745. The second-order valence-electron chi connectivity index (χ2n) is 6.17. The minimum atomic E-state index is -0.246. The van der Waals surface area contributed by atoms with Gasteiger partial charge < -0.3 is 19.7 Å². The van der Waals surface area contributed by atoms with Crippen LogP contribution in [0.25, 0.3) is 0 Å². The number of unbranched alkanes of at least 4 members (excludes halogenated alkanes) is 2. The lowest BCUT2D eigenvalue weighted by atomic mass is 10.1. The predicted molar refractivity (Wildman–Crippen MR) is 101 cm³/mol. The van der Waals surface area contributed by atoms with E-state index < -0.39 is 0 Å². The number of rotatable bonds is 10. The molecule has 0 unspecified atom stereocenters. The van der Waals surface area contributed by atoms with Crippen molar-refractivity contribution >= 4 is 11.6 Å². The molecule has 0 aromatic heterocycles. The fraction of sp³-hybridized carbons (Fsp3) is 0.333. The molecule has 0 saturated carbocycles. The zero-order valence-corrected chi connectivity index (χ0v) is 15.5. The van der Waals surface area contributed by atoms with Gasteiger partial charge in [0.15, 0.2) is 11.6 Å². The monoisotopic (exact) mass is 372 g/mol. The number of carbonyl (C=O) groups is 2. The number of carbonyl (C=O) groups excluding carboxylic acids is 2. The molecule has 6 nitrogen and oxygen atoms in total. The second kappa shape index (κ2) is 9.62. The van der Waals surface area contributed by atoms with Crippen molar-refractivity contribution in [1.82, 2.24) is 0 Å². The average Bonchev–Trinajstić information content (AvgIpc) is 2.60. The number of phenolic OH excluding ortho intramolecular Hbond substituents is 2. The third-order valence-electron chi connectivity index (χ3n) is 4.02. The number of hydrogen-bond acceptors (Lipinski definition) is 6. The van der Waals surface area contributed by atoms with E-state index in [1.807, 2.05) is 0 Å². The Labute approximate surface area is 158 Å². The van der Waals surface area contributed by atoms with Crippen LogP contribution >= 0.6 is 0 Å². The highest BCUT2D eigenvalue weighted by Gasteiger charge is 2.14. The molecule has 6 heteroatoms. The lowest BCUT2D eigenvalue weighted by Crippen LogP contribution is -2.05. The number of phenols is 2. The first-order chi connectivity index (χ1) is 12.9. The third kappa shape index (κ3) is 5.48. The number of hydrogen-bond donors (Lipinski definition) is 2. The molecule has 0 spiro atoms.